The molecular weight excluding hydrogens is 431 g/mol. The number of ether oxygens (including phenoxy) is 1. The van der Waals surface area contributed by atoms with Crippen LogP contribution in [0.1, 0.15) is 49.3 Å². The molecule has 0 radical (unpaired) electrons. The van der Waals surface area contributed by atoms with Crippen molar-refractivity contribution in [3.05, 3.63) is 60.5 Å². The second-order valence-electron chi connectivity index (χ2n) is 6.79. The average Bonchev–Trinajstić information content (AvgIpc) is 3.07. The number of unbranched alkanes of at least 4 members (excludes halogenated alkanes) is 1. The van der Waals surface area contributed by atoms with Gasteiger partial charge in [-0.25, -0.2) is 14.6 Å². The zero-order valence-electron chi connectivity index (χ0n) is 16.7. The fourth-order valence-corrected chi connectivity index (χ4v) is 3.56. The van der Waals surface area contributed by atoms with Crippen molar-refractivity contribution in [1.82, 2.24) is 19.1 Å². The number of fused-ring (bicyclic) bond motifs is 1. The molecule has 0 fully saturated rings. The van der Waals surface area contributed by atoms with E-state index in [9.17, 15) is 14.4 Å². The fourth-order valence-electron chi connectivity index (χ4n) is 3.19. The molecule has 0 unspecified atom stereocenters. The third-order valence-electron chi connectivity index (χ3n) is 4.65. The molecule has 0 saturated heterocycles. The number of nitrogens with one attached hydrogen (secondary N) is 1. The van der Waals surface area contributed by atoms with Gasteiger partial charge in [-0.05, 0) is 25.0 Å². The monoisotopic (exact) mass is 452 g/mol. The van der Waals surface area contributed by atoms with Crippen LogP contribution in [0.3, 0.4) is 0 Å². The van der Waals surface area contributed by atoms with E-state index in [1.165, 1.54) is 10.6 Å². The van der Waals surface area contributed by atoms with Gasteiger partial charge in [0.15, 0.2) is 11.2 Å². The van der Waals surface area contributed by atoms with Crippen LogP contribution in [0, 0.1) is 0 Å². The maximum absolute atomic E-state index is 12.5. The lowest BCUT2D eigenvalue weighted by Crippen LogP contribution is -2.31. The van der Waals surface area contributed by atoms with E-state index in [1.807, 2.05) is 13.8 Å². The lowest BCUT2D eigenvalue weighted by molar-refractivity contribution is 0.0458. The first-order chi connectivity index (χ1) is 14.4. The Labute approximate surface area is 182 Å². The number of hydrogen-bond donors (Lipinski definition) is 1. The van der Waals surface area contributed by atoms with Gasteiger partial charge in [0, 0.05) is 13.1 Å². The maximum atomic E-state index is 12.5. The summed E-state index contributed by atoms with van der Waals surface area (Å²) in [6.45, 7) is 4.70. The molecule has 0 aliphatic heterocycles. The van der Waals surface area contributed by atoms with Crippen LogP contribution in [-0.4, -0.2) is 25.1 Å². The number of aromatic nitrogens is 4. The second kappa shape index (κ2) is 9.49. The molecule has 0 aliphatic rings. The van der Waals surface area contributed by atoms with Crippen molar-refractivity contribution in [2.24, 2.45) is 0 Å². The SMILES string of the molecule is CCCCn1c(=O)[nH]c(=O)c2c1nc(COC(=O)c1cccc(Cl)c1Cl)n2CCC. The van der Waals surface area contributed by atoms with E-state index >= 15 is 0 Å². The lowest BCUT2D eigenvalue weighted by Gasteiger charge is -2.09. The summed E-state index contributed by atoms with van der Waals surface area (Å²) < 4.78 is 8.53. The Hall–Kier alpha value is -2.58. The van der Waals surface area contributed by atoms with Crippen LogP contribution >= 0.6 is 23.2 Å². The summed E-state index contributed by atoms with van der Waals surface area (Å²) in [5, 5.41) is 0.354. The van der Waals surface area contributed by atoms with Gasteiger partial charge in [-0.2, -0.15) is 0 Å². The number of esters is 1. The highest BCUT2D eigenvalue weighted by Crippen LogP contribution is 2.26. The van der Waals surface area contributed by atoms with E-state index in [0.29, 0.717) is 24.4 Å². The predicted octanol–water partition coefficient (Wildman–Crippen LogP) is 3.76. The van der Waals surface area contributed by atoms with Crippen molar-refractivity contribution in [2.75, 3.05) is 0 Å². The molecule has 160 valence electrons. The summed E-state index contributed by atoms with van der Waals surface area (Å²) >= 11 is 12.0. The van der Waals surface area contributed by atoms with Gasteiger partial charge >= 0.3 is 11.7 Å². The minimum absolute atomic E-state index is 0.107. The lowest BCUT2D eigenvalue weighted by atomic mass is 10.2. The number of nitrogens with zero attached hydrogens (tertiary/aromatic N) is 3. The van der Waals surface area contributed by atoms with Crippen LogP contribution in [0.25, 0.3) is 11.2 Å². The molecule has 3 aromatic rings. The molecular formula is C20H22Cl2N4O4. The molecule has 8 nitrogen and oxygen atoms in total. The van der Waals surface area contributed by atoms with E-state index in [2.05, 4.69) is 9.97 Å². The van der Waals surface area contributed by atoms with Gasteiger partial charge in [0.25, 0.3) is 5.56 Å². The quantitative estimate of drug-likeness (QED) is 0.524. The van der Waals surface area contributed by atoms with Crippen LogP contribution in [0.15, 0.2) is 27.8 Å². The van der Waals surface area contributed by atoms with Gasteiger partial charge in [0.05, 0.1) is 15.6 Å². The number of aryl methyl sites for hydroxylation is 2. The van der Waals surface area contributed by atoms with Crippen molar-refractivity contribution in [3.8, 4) is 0 Å². The molecule has 0 aliphatic carbocycles. The first-order valence-corrected chi connectivity index (χ1v) is 10.5. The first kappa shape index (κ1) is 22.1. The van der Waals surface area contributed by atoms with E-state index in [0.717, 1.165) is 19.3 Å². The Morgan fingerprint density at radius 3 is 2.60 bits per heavy atom. The molecule has 3 rings (SSSR count). The zero-order valence-corrected chi connectivity index (χ0v) is 18.2. The molecule has 10 heteroatoms. The first-order valence-electron chi connectivity index (χ1n) is 9.72. The smallest absolute Gasteiger partial charge is 0.340 e. The molecule has 2 heterocycles. The minimum atomic E-state index is -0.658. The summed E-state index contributed by atoms with van der Waals surface area (Å²) in [5.41, 5.74) is -0.299. The highest BCUT2D eigenvalue weighted by molar-refractivity contribution is 6.43. The second-order valence-corrected chi connectivity index (χ2v) is 7.58. The molecule has 1 N–H and O–H groups in total. The van der Waals surface area contributed by atoms with Crippen molar-refractivity contribution < 1.29 is 9.53 Å². The molecule has 0 saturated carbocycles. The number of hydrogen-bond acceptors (Lipinski definition) is 5. The number of carbonyl (C=O) groups excluding carboxylic acids is 1. The molecule has 2 aromatic heterocycles. The van der Waals surface area contributed by atoms with E-state index < -0.39 is 17.2 Å². The number of rotatable bonds is 8. The maximum Gasteiger partial charge on any atom is 0.340 e. The molecule has 0 bridgehead atoms. The van der Waals surface area contributed by atoms with Gasteiger partial charge < -0.3 is 9.30 Å². The van der Waals surface area contributed by atoms with Gasteiger partial charge in [-0.1, -0.05) is 49.5 Å². The number of H-pyrrole nitrogens is 1. The van der Waals surface area contributed by atoms with Crippen LogP contribution in [0.5, 0.6) is 0 Å². The standard InChI is InChI=1S/C20H22Cl2N4O4/c1-3-5-10-26-17-16(18(27)24-20(26)29)25(9-4-2)14(23-17)11-30-19(28)12-7-6-8-13(21)15(12)22/h6-8H,3-5,9-11H2,1-2H3,(H,24,27,29). The van der Waals surface area contributed by atoms with Crippen LogP contribution in [-0.2, 0) is 24.4 Å². The van der Waals surface area contributed by atoms with Crippen molar-refractivity contribution >= 4 is 40.3 Å². The van der Waals surface area contributed by atoms with Gasteiger partial charge in [0.1, 0.15) is 12.4 Å². The van der Waals surface area contributed by atoms with Gasteiger partial charge in [-0.15, -0.1) is 0 Å². The van der Waals surface area contributed by atoms with E-state index in [4.69, 9.17) is 27.9 Å². The summed E-state index contributed by atoms with van der Waals surface area (Å²) in [7, 11) is 0. The summed E-state index contributed by atoms with van der Waals surface area (Å²) in [4.78, 5) is 44.1. The van der Waals surface area contributed by atoms with Crippen molar-refractivity contribution in [1.29, 1.82) is 0 Å². The van der Waals surface area contributed by atoms with Crippen LogP contribution < -0.4 is 11.2 Å². The molecule has 1 aromatic carbocycles. The number of halogens is 2. The van der Waals surface area contributed by atoms with E-state index in [-0.39, 0.29) is 27.9 Å². The number of aromatic amines is 1. The summed E-state index contributed by atoms with van der Waals surface area (Å²) in [6.07, 6.45) is 2.37. The third kappa shape index (κ3) is 4.29. The van der Waals surface area contributed by atoms with Crippen molar-refractivity contribution in [2.45, 2.75) is 52.8 Å². The summed E-state index contributed by atoms with van der Waals surface area (Å²) in [5.74, 6) is -0.283. The van der Waals surface area contributed by atoms with E-state index in [1.54, 1.807) is 16.7 Å². The van der Waals surface area contributed by atoms with Crippen LogP contribution in [0.4, 0.5) is 0 Å². The Morgan fingerprint density at radius 1 is 1.13 bits per heavy atom. The van der Waals surface area contributed by atoms with Crippen LogP contribution in [0.2, 0.25) is 10.0 Å². The Balaban J connectivity index is 2.00. The predicted molar refractivity (Wildman–Crippen MR) is 115 cm³/mol. The van der Waals surface area contributed by atoms with Gasteiger partial charge in [-0.3, -0.25) is 14.3 Å². The number of imidazole rings is 1. The highest BCUT2D eigenvalue weighted by Gasteiger charge is 2.20. The largest absolute Gasteiger partial charge is 0.454 e. The molecule has 0 amide bonds. The summed E-state index contributed by atoms with van der Waals surface area (Å²) in [6, 6.07) is 4.69. The third-order valence-corrected chi connectivity index (χ3v) is 5.47. The molecule has 0 spiro atoms. The minimum Gasteiger partial charge on any atom is -0.454 e. The Bertz CT molecular complexity index is 1200. The Morgan fingerprint density at radius 2 is 1.90 bits per heavy atom. The fraction of sp³-hybridized carbons (Fsp3) is 0.400. The van der Waals surface area contributed by atoms with Gasteiger partial charge in [0.2, 0.25) is 0 Å². The topological polar surface area (TPSA) is 99.0 Å². The number of benzene rings is 1. The normalized spacial score (nSPS) is 11.2. The average molecular weight is 453 g/mol. The van der Waals surface area contributed by atoms with Crippen molar-refractivity contribution in [3.63, 3.8) is 0 Å². The molecule has 0 atom stereocenters. The zero-order chi connectivity index (χ0) is 21.8. The highest BCUT2D eigenvalue weighted by atomic mass is 35.5. The Kier molecular flexibility index (Phi) is 6.99. The molecule has 30 heavy (non-hydrogen) atoms. The number of carbonyl (C=O) groups is 1.